The number of fused-ring (bicyclic) bond motifs is 1. The second-order valence-electron chi connectivity index (χ2n) is 7.14. The minimum atomic E-state index is -0.364. The number of anilines is 1. The van der Waals surface area contributed by atoms with E-state index in [4.69, 9.17) is 9.97 Å². The maximum Gasteiger partial charge on any atom is 0.269 e. The van der Waals surface area contributed by atoms with Crippen molar-refractivity contribution in [3.8, 4) is 0 Å². The van der Waals surface area contributed by atoms with Crippen LogP contribution in [0.4, 0.5) is 11.5 Å². The van der Waals surface area contributed by atoms with E-state index >= 15 is 0 Å². The molecule has 3 aromatic rings. The Hall–Kier alpha value is -2.54. The van der Waals surface area contributed by atoms with E-state index < -0.39 is 0 Å². The van der Waals surface area contributed by atoms with E-state index in [1.165, 1.54) is 25.3 Å². The van der Waals surface area contributed by atoms with Gasteiger partial charge in [0.25, 0.3) is 5.69 Å². The molecular formula is C20H22N4O2S. The van der Waals surface area contributed by atoms with E-state index in [1.54, 1.807) is 23.5 Å². The molecule has 0 aliphatic heterocycles. The number of aromatic nitrogens is 2. The molecule has 1 aliphatic rings. The summed E-state index contributed by atoms with van der Waals surface area (Å²) in [6, 6.07) is 6.72. The molecule has 27 heavy (non-hydrogen) atoms. The molecular weight excluding hydrogens is 360 g/mol. The summed E-state index contributed by atoms with van der Waals surface area (Å²) < 4.78 is 0. The highest BCUT2D eigenvalue weighted by Crippen LogP contribution is 2.35. The Labute approximate surface area is 161 Å². The molecule has 140 valence electrons. The number of hydrogen-bond acceptors (Lipinski definition) is 6. The van der Waals surface area contributed by atoms with Gasteiger partial charge in [-0.3, -0.25) is 10.1 Å². The standard InChI is InChI=1S/C20H22N4O2S/c1-13-12-27-20-17(13)19(22-18(23-20)15-7-3-2-4-8-15)21-11-14-6-5-9-16(10-14)24(25)26/h5-6,9-10,12,15H,2-4,7-8,11H2,1H3,(H,21,22,23). The number of nitro benzene ring substituents is 1. The molecule has 7 heteroatoms. The monoisotopic (exact) mass is 382 g/mol. The molecule has 4 rings (SSSR count). The molecule has 6 nitrogen and oxygen atoms in total. The first-order valence-corrected chi connectivity index (χ1v) is 10.2. The number of non-ortho nitro benzene ring substituents is 1. The minimum Gasteiger partial charge on any atom is -0.365 e. The summed E-state index contributed by atoms with van der Waals surface area (Å²) in [6.07, 6.45) is 6.09. The maximum absolute atomic E-state index is 11.0. The Balaban J connectivity index is 1.64. The fourth-order valence-corrected chi connectivity index (χ4v) is 4.67. The SMILES string of the molecule is Cc1csc2nc(C3CCCCC3)nc(NCc3cccc([N+](=O)[O-])c3)c12. The summed E-state index contributed by atoms with van der Waals surface area (Å²) in [5, 5.41) is 17.6. The highest BCUT2D eigenvalue weighted by atomic mass is 32.1. The van der Waals surface area contributed by atoms with Crippen molar-refractivity contribution in [2.45, 2.75) is 51.5 Å². The third-order valence-corrected chi connectivity index (χ3v) is 6.18. The number of aryl methyl sites for hydroxylation is 1. The van der Waals surface area contributed by atoms with Crippen molar-refractivity contribution in [2.75, 3.05) is 5.32 Å². The van der Waals surface area contributed by atoms with Crippen molar-refractivity contribution in [2.24, 2.45) is 0 Å². The predicted molar refractivity (Wildman–Crippen MR) is 108 cm³/mol. The van der Waals surface area contributed by atoms with Gasteiger partial charge in [-0.15, -0.1) is 11.3 Å². The summed E-state index contributed by atoms with van der Waals surface area (Å²) in [4.78, 5) is 21.4. The van der Waals surface area contributed by atoms with Crippen molar-refractivity contribution in [1.29, 1.82) is 0 Å². The van der Waals surface area contributed by atoms with Crippen LogP contribution in [0.15, 0.2) is 29.6 Å². The van der Waals surface area contributed by atoms with Gasteiger partial charge in [-0.1, -0.05) is 31.4 Å². The van der Waals surface area contributed by atoms with Gasteiger partial charge in [0.1, 0.15) is 16.5 Å². The number of nitro groups is 1. The minimum absolute atomic E-state index is 0.108. The summed E-state index contributed by atoms with van der Waals surface area (Å²) in [5.74, 6) is 2.21. The van der Waals surface area contributed by atoms with Crippen LogP contribution in [0.2, 0.25) is 0 Å². The molecule has 0 bridgehead atoms. The van der Waals surface area contributed by atoms with E-state index in [1.807, 2.05) is 6.07 Å². The number of nitrogens with one attached hydrogen (secondary N) is 1. The third kappa shape index (κ3) is 3.78. The van der Waals surface area contributed by atoms with Crippen LogP contribution in [0, 0.1) is 17.0 Å². The number of thiophene rings is 1. The number of nitrogens with zero attached hydrogens (tertiary/aromatic N) is 3. The van der Waals surface area contributed by atoms with Gasteiger partial charge in [0.15, 0.2) is 0 Å². The first kappa shape index (κ1) is 17.9. The average Bonchev–Trinajstić information content (AvgIpc) is 3.08. The van der Waals surface area contributed by atoms with Crippen LogP contribution in [0.25, 0.3) is 10.2 Å². The zero-order valence-electron chi connectivity index (χ0n) is 15.3. The molecule has 2 aromatic heterocycles. The van der Waals surface area contributed by atoms with E-state index in [9.17, 15) is 10.1 Å². The summed E-state index contributed by atoms with van der Waals surface area (Å²) >= 11 is 1.65. The number of hydrogen-bond donors (Lipinski definition) is 1. The lowest BCUT2D eigenvalue weighted by Crippen LogP contribution is -2.11. The van der Waals surface area contributed by atoms with Gasteiger partial charge < -0.3 is 5.32 Å². The topological polar surface area (TPSA) is 81.0 Å². The summed E-state index contributed by atoms with van der Waals surface area (Å²) in [7, 11) is 0. The van der Waals surface area contributed by atoms with Gasteiger partial charge in [-0.2, -0.15) is 0 Å². The molecule has 1 saturated carbocycles. The maximum atomic E-state index is 11.0. The fourth-order valence-electron chi connectivity index (χ4n) is 3.74. The van der Waals surface area contributed by atoms with Crippen LogP contribution >= 0.6 is 11.3 Å². The van der Waals surface area contributed by atoms with Crippen molar-refractivity contribution in [3.63, 3.8) is 0 Å². The molecule has 1 N–H and O–H groups in total. The van der Waals surface area contributed by atoms with Gasteiger partial charge in [-0.05, 0) is 36.3 Å². The van der Waals surface area contributed by atoms with E-state index in [-0.39, 0.29) is 10.6 Å². The largest absolute Gasteiger partial charge is 0.365 e. The van der Waals surface area contributed by atoms with Gasteiger partial charge in [0.05, 0.1) is 10.3 Å². The Morgan fingerprint density at radius 1 is 1.26 bits per heavy atom. The predicted octanol–water partition coefficient (Wildman–Crippen LogP) is 5.57. The van der Waals surface area contributed by atoms with E-state index in [0.29, 0.717) is 12.5 Å². The van der Waals surface area contributed by atoms with Gasteiger partial charge in [0, 0.05) is 24.6 Å². The van der Waals surface area contributed by atoms with Crippen molar-refractivity contribution < 1.29 is 4.92 Å². The normalized spacial score (nSPS) is 15.1. The Morgan fingerprint density at radius 2 is 2.07 bits per heavy atom. The van der Waals surface area contributed by atoms with Gasteiger partial charge in [0.2, 0.25) is 0 Å². The van der Waals surface area contributed by atoms with Crippen LogP contribution < -0.4 is 5.32 Å². The Bertz CT molecular complexity index is 979. The molecule has 1 aliphatic carbocycles. The molecule has 1 fully saturated rings. The summed E-state index contributed by atoms with van der Waals surface area (Å²) in [5.41, 5.74) is 2.13. The second kappa shape index (κ2) is 7.60. The molecule has 0 amide bonds. The van der Waals surface area contributed by atoms with Crippen LogP contribution in [-0.2, 0) is 6.54 Å². The first-order chi connectivity index (χ1) is 13.1. The average molecular weight is 382 g/mol. The van der Waals surface area contributed by atoms with Crippen LogP contribution in [0.3, 0.4) is 0 Å². The van der Waals surface area contributed by atoms with Crippen molar-refractivity contribution in [1.82, 2.24) is 9.97 Å². The number of rotatable bonds is 5. The molecule has 0 atom stereocenters. The molecule has 0 unspecified atom stereocenters. The van der Waals surface area contributed by atoms with Crippen LogP contribution in [-0.4, -0.2) is 14.9 Å². The number of benzene rings is 1. The molecule has 0 radical (unpaired) electrons. The van der Waals surface area contributed by atoms with Gasteiger partial charge >= 0.3 is 0 Å². The van der Waals surface area contributed by atoms with Crippen LogP contribution in [0.1, 0.15) is 55.0 Å². The lowest BCUT2D eigenvalue weighted by Gasteiger charge is -2.21. The quantitative estimate of drug-likeness (QED) is 0.461. The highest BCUT2D eigenvalue weighted by Gasteiger charge is 2.21. The third-order valence-electron chi connectivity index (χ3n) is 5.19. The van der Waals surface area contributed by atoms with E-state index in [2.05, 4.69) is 17.6 Å². The first-order valence-electron chi connectivity index (χ1n) is 9.35. The molecule has 0 saturated heterocycles. The zero-order valence-corrected chi connectivity index (χ0v) is 16.1. The van der Waals surface area contributed by atoms with Crippen LogP contribution in [0.5, 0.6) is 0 Å². The smallest absolute Gasteiger partial charge is 0.269 e. The molecule has 2 heterocycles. The van der Waals surface area contributed by atoms with Crippen molar-refractivity contribution >= 4 is 33.1 Å². The molecule has 1 aromatic carbocycles. The fraction of sp³-hybridized carbons (Fsp3) is 0.400. The Kier molecular flexibility index (Phi) is 5.03. The second-order valence-corrected chi connectivity index (χ2v) is 8.00. The Morgan fingerprint density at radius 3 is 2.85 bits per heavy atom. The lowest BCUT2D eigenvalue weighted by molar-refractivity contribution is -0.384. The highest BCUT2D eigenvalue weighted by molar-refractivity contribution is 7.17. The zero-order chi connectivity index (χ0) is 18.8. The van der Waals surface area contributed by atoms with Gasteiger partial charge in [-0.25, -0.2) is 9.97 Å². The molecule has 0 spiro atoms. The summed E-state index contributed by atoms with van der Waals surface area (Å²) in [6.45, 7) is 2.56. The van der Waals surface area contributed by atoms with E-state index in [0.717, 1.165) is 45.8 Å². The van der Waals surface area contributed by atoms with Crippen molar-refractivity contribution in [3.05, 3.63) is 56.7 Å². The lowest BCUT2D eigenvalue weighted by atomic mass is 9.88.